The van der Waals surface area contributed by atoms with E-state index >= 15 is 0 Å². The first-order chi connectivity index (χ1) is 9.03. The Bertz CT molecular complexity index is 454. The van der Waals surface area contributed by atoms with Crippen molar-refractivity contribution in [1.82, 2.24) is 10.6 Å². The van der Waals surface area contributed by atoms with Crippen LogP contribution < -0.4 is 10.6 Å². The predicted molar refractivity (Wildman–Crippen MR) is 78.0 cm³/mol. The summed E-state index contributed by atoms with van der Waals surface area (Å²) >= 11 is 0. The maximum absolute atomic E-state index is 12.4. The van der Waals surface area contributed by atoms with Gasteiger partial charge in [0.05, 0.1) is 5.92 Å². The molecule has 0 aliphatic carbocycles. The monoisotopic (exact) mass is 260 g/mol. The van der Waals surface area contributed by atoms with Crippen molar-refractivity contribution >= 4 is 5.91 Å². The number of benzene rings is 1. The van der Waals surface area contributed by atoms with E-state index in [1.807, 2.05) is 12.1 Å². The fourth-order valence-corrected chi connectivity index (χ4v) is 2.30. The molecule has 0 saturated heterocycles. The molecule has 1 aromatic rings. The van der Waals surface area contributed by atoms with E-state index in [4.69, 9.17) is 0 Å². The van der Waals surface area contributed by atoms with Gasteiger partial charge in [0.2, 0.25) is 5.91 Å². The van der Waals surface area contributed by atoms with Crippen molar-refractivity contribution in [3.05, 3.63) is 35.4 Å². The van der Waals surface area contributed by atoms with Gasteiger partial charge < -0.3 is 10.6 Å². The van der Waals surface area contributed by atoms with Gasteiger partial charge in [0.15, 0.2) is 0 Å². The van der Waals surface area contributed by atoms with Gasteiger partial charge in [-0.3, -0.25) is 4.79 Å². The lowest BCUT2D eigenvalue weighted by Gasteiger charge is -2.28. The Morgan fingerprint density at radius 1 is 1.42 bits per heavy atom. The molecule has 2 N–H and O–H groups in total. The summed E-state index contributed by atoms with van der Waals surface area (Å²) in [6.07, 6.45) is 1.06. The second-order valence-corrected chi connectivity index (χ2v) is 6.12. The topological polar surface area (TPSA) is 41.1 Å². The van der Waals surface area contributed by atoms with E-state index < -0.39 is 0 Å². The summed E-state index contributed by atoms with van der Waals surface area (Å²) in [5, 5.41) is 6.43. The zero-order valence-corrected chi connectivity index (χ0v) is 12.1. The van der Waals surface area contributed by atoms with E-state index in [-0.39, 0.29) is 17.2 Å². The Morgan fingerprint density at radius 2 is 2.16 bits per heavy atom. The molecule has 1 aliphatic heterocycles. The highest BCUT2D eigenvalue weighted by molar-refractivity contribution is 5.84. The van der Waals surface area contributed by atoms with Gasteiger partial charge in [-0.2, -0.15) is 0 Å². The predicted octanol–water partition coefficient (Wildman–Crippen LogP) is 2.43. The average molecular weight is 260 g/mol. The van der Waals surface area contributed by atoms with Crippen LogP contribution in [-0.4, -0.2) is 19.0 Å². The van der Waals surface area contributed by atoms with Crippen LogP contribution in [0.4, 0.5) is 0 Å². The molecule has 104 valence electrons. The molecule has 0 bridgehead atoms. The fourth-order valence-electron chi connectivity index (χ4n) is 2.30. The van der Waals surface area contributed by atoms with Crippen LogP contribution in [-0.2, 0) is 11.3 Å². The van der Waals surface area contributed by atoms with Crippen molar-refractivity contribution in [2.24, 2.45) is 5.41 Å². The number of rotatable bonds is 4. The minimum atomic E-state index is -0.0578. The Labute approximate surface area is 115 Å². The van der Waals surface area contributed by atoms with Gasteiger partial charge in [-0.15, -0.1) is 0 Å². The normalized spacial score (nSPS) is 18.8. The Kier molecular flexibility index (Phi) is 4.25. The number of amides is 1. The van der Waals surface area contributed by atoms with Crippen molar-refractivity contribution < 1.29 is 4.79 Å². The van der Waals surface area contributed by atoms with Crippen LogP contribution in [0, 0.1) is 5.41 Å². The molecular formula is C16H24N2O. The highest BCUT2D eigenvalue weighted by Gasteiger charge is 2.27. The minimum Gasteiger partial charge on any atom is -0.355 e. The molecule has 1 unspecified atom stereocenters. The van der Waals surface area contributed by atoms with Crippen LogP contribution in [0.5, 0.6) is 0 Å². The van der Waals surface area contributed by atoms with Crippen LogP contribution in [0.3, 0.4) is 0 Å². The van der Waals surface area contributed by atoms with Gasteiger partial charge in [-0.05, 0) is 23.0 Å². The Hall–Kier alpha value is -1.35. The Balaban J connectivity index is 2.05. The third kappa shape index (κ3) is 3.35. The first kappa shape index (κ1) is 14.1. The molecule has 2 rings (SSSR count). The number of carbonyl (C=O) groups is 1. The van der Waals surface area contributed by atoms with Crippen LogP contribution in [0.1, 0.15) is 44.2 Å². The van der Waals surface area contributed by atoms with Crippen LogP contribution >= 0.6 is 0 Å². The lowest BCUT2D eigenvalue weighted by atomic mass is 9.88. The van der Waals surface area contributed by atoms with Crippen LogP contribution in [0.15, 0.2) is 24.3 Å². The van der Waals surface area contributed by atoms with Gasteiger partial charge in [0.1, 0.15) is 0 Å². The summed E-state index contributed by atoms with van der Waals surface area (Å²) < 4.78 is 0. The van der Waals surface area contributed by atoms with E-state index in [0.717, 1.165) is 26.1 Å². The quantitative estimate of drug-likeness (QED) is 0.873. The molecule has 0 radical (unpaired) electrons. The lowest BCUT2D eigenvalue weighted by Crippen LogP contribution is -2.41. The molecule has 1 amide bonds. The highest BCUT2D eigenvalue weighted by Crippen LogP contribution is 2.24. The standard InChI is InChI=1S/C16H24N2O/c1-4-16(2,3)11-18-15(19)14-10-17-9-12-7-5-6-8-13(12)14/h5-8,14,17H,4,9-11H2,1-3H3,(H,18,19). The average Bonchev–Trinajstić information content (AvgIpc) is 2.44. The van der Waals surface area contributed by atoms with E-state index in [1.165, 1.54) is 11.1 Å². The highest BCUT2D eigenvalue weighted by atomic mass is 16.1. The van der Waals surface area contributed by atoms with Gasteiger partial charge in [0, 0.05) is 19.6 Å². The second kappa shape index (κ2) is 5.74. The van der Waals surface area contributed by atoms with Gasteiger partial charge >= 0.3 is 0 Å². The molecule has 0 spiro atoms. The molecule has 1 aromatic carbocycles. The van der Waals surface area contributed by atoms with Crippen molar-refractivity contribution in [3.8, 4) is 0 Å². The van der Waals surface area contributed by atoms with E-state index in [2.05, 4.69) is 43.5 Å². The van der Waals surface area contributed by atoms with Gasteiger partial charge in [-0.1, -0.05) is 45.0 Å². The molecule has 1 aliphatic rings. The summed E-state index contributed by atoms with van der Waals surface area (Å²) in [6, 6.07) is 8.21. The minimum absolute atomic E-state index is 0.0578. The van der Waals surface area contributed by atoms with Crippen molar-refractivity contribution in [2.45, 2.75) is 39.7 Å². The molecule has 1 atom stereocenters. The van der Waals surface area contributed by atoms with Gasteiger partial charge in [-0.25, -0.2) is 0 Å². The van der Waals surface area contributed by atoms with Gasteiger partial charge in [0.25, 0.3) is 0 Å². The summed E-state index contributed by atoms with van der Waals surface area (Å²) in [5.74, 6) is 0.0822. The summed E-state index contributed by atoms with van der Waals surface area (Å²) in [5.41, 5.74) is 2.58. The lowest BCUT2D eigenvalue weighted by molar-refractivity contribution is -0.123. The number of hydrogen-bond acceptors (Lipinski definition) is 2. The molecule has 19 heavy (non-hydrogen) atoms. The third-order valence-corrected chi connectivity index (χ3v) is 4.11. The molecule has 0 saturated carbocycles. The summed E-state index contributed by atoms with van der Waals surface area (Å²) in [4.78, 5) is 12.4. The molecule has 1 heterocycles. The number of hydrogen-bond donors (Lipinski definition) is 2. The van der Waals surface area contributed by atoms with Crippen molar-refractivity contribution in [2.75, 3.05) is 13.1 Å². The van der Waals surface area contributed by atoms with Crippen LogP contribution in [0.25, 0.3) is 0 Å². The second-order valence-electron chi connectivity index (χ2n) is 6.12. The molecular weight excluding hydrogens is 236 g/mol. The zero-order chi connectivity index (χ0) is 13.9. The molecule has 0 fully saturated rings. The summed E-state index contributed by atoms with van der Waals surface area (Å²) in [6.45, 7) is 8.85. The fraction of sp³-hybridized carbons (Fsp3) is 0.562. The number of carbonyl (C=O) groups excluding carboxylic acids is 1. The summed E-state index contributed by atoms with van der Waals surface area (Å²) in [7, 11) is 0. The largest absolute Gasteiger partial charge is 0.355 e. The Morgan fingerprint density at radius 3 is 2.89 bits per heavy atom. The van der Waals surface area contributed by atoms with Crippen molar-refractivity contribution in [3.63, 3.8) is 0 Å². The maximum Gasteiger partial charge on any atom is 0.228 e. The van der Waals surface area contributed by atoms with E-state index in [9.17, 15) is 4.79 Å². The SMILES string of the molecule is CCC(C)(C)CNC(=O)C1CNCc2ccccc21. The van der Waals surface area contributed by atoms with Crippen molar-refractivity contribution in [1.29, 1.82) is 0 Å². The third-order valence-electron chi connectivity index (χ3n) is 4.11. The molecule has 0 aromatic heterocycles. The molecule has 3 heteroatoms. The number of nitrogens with one attached hydrogen (secondary N) is 2. The van der Waals surface area contributed by atoms with E-state index in [1.54, 1.807) is 0 Å². The zero-order valence-electron chi connectivity index (χ0n) is 12.1. The first-order valence-corrected chi connectivity index (χ1v) is 7.10. The van der Waals surface area contributed by atoms with E-state index in [0.29, 0.717) is 0 Å². The first-order valence-electron chi connectivity index (χ1n) is 7.10. The maximum atomic E-state index is 12.4. The molecule has 3 nitrogen and oxygen atoms in total. The van der Waals surface area contributed by atoms with Crippen LogP contribution in [0.2, 0.25) is 0 Å². The number of fused-ring (bicyclic) bond motifs is 1. The smallest absolute Gasteiger partial charge is 0.228 e.